The lowest BCUT2D eigenvalue weighted by atomic mass is 9.79. The molecule has 3 aromatic rings. The average molecular weight is 699 g/mol. The number of hydrogen-bond acceptors (Lipinski definition) is 7. The third kappa shape index (κ3) is 11.5. The molecule has 0 saturated carbocycles. The number of aliphatic carboxylic acids is 1. The van der Waals surface area contributed by atoms with Crippen LogP contribution in [-0.2, 0) is 32.1 Å². The zero-order valence-corrected chi connectivity index (χ0v) is 30.6. The van der Waals surface area contributed by atoms with Crippen LogP contribution in [0.3, 0.4) is 0 Å². The van der Waals surface area contributed by atoms with Crippen LogP contribution >= 0.6 is 0 Å². The van der Waals surface area contributed by atoms with E-state index in [1.165, 1.54) is 41.3 Å². The summed E-state index contributed by atoms with van der Waals surface area (Å²) in [5.41, 5.74) is 7.85. The molecule has 4 N–H and O–H groups in total. The summed E-state index contributed by atoms with van der Waals surface area (Å²) in [7, 11) is 0. The molecule has 2 aliphatic rings. The Balaban J connectivity index is 0.000000234. The number of carboxylic acids is 1. The van der Waals surface area contributed by atoms with Gasteiger partial charge in [0.2, 0.25) is 12.3 Å². The molecule has 2 fully saturated rings. The first kappa shape index (κ1) is 39.2. The summed E-state index contributed by atoms with van der Waals surface area (Å²) in [5, 5.41) is 16.4. The molecule has 0 aliphatic carbocycles. The van der Waals surface area contributed by atoms with E-state index in [0.29, 0.717) is 25.8 Å². The number of amides is 3. The predicted molar refractivity (Wildman–Crippen MR) is 200 cm³/mol. The van der Waals surface area contributed by atoms with Gasteiger partial charge in [0.15, 0.2) is 0 Å². The summed E-state index contributed by atoms with van der Waals surface area (Å²) in [6, 6.07) is 19.4. The second-order valence-corrected chi connectivity index (χ2v) is 14.2. The lowest BCUT2D eigenvalue weighted by molar-refractivity contribution is -0.148. The minimum absolute atomic E-state index is 0.132. The Bertz CT molecular complexity index is 1650. The zero-order chi connectivity index (χ0) is 37.0. The monoisotopic (exact) mass is 698 g/mol. The smallest absolute Gasteiger partial charge is 0.322 e. The topological polar surface area (TPSA) is 144 Å². The maximum Gasteiger partial charge on any atom is 0.322 e. The number of pyridine rings is 1. The number of hydrogen-bond donors (Lipinski definition) is 4. The van der Waals surface area contributed by atoms with Crippen molar-refractivity contribution in [2.45, 2.75) is 91.4 Å². The van der Waals surface area contributed by atoms with Crippen LogP contribution in [0.1, 0.15) is 77.1 Å². The highest BCUT2D eigenvalue weighted by molar-refractivity contribution is 5.90. The molecule has 3 heterocycles. The average Bonchev–Trinajstić information content (AvgIpc) is 3.14. The van der Waals surface area contributed by atoms with Gasteiger partial charge in [0.25, 0.3) is 5.91 Å². The molecule has 51 heavy (non-hydrogen) atoms. The van der Waals surface area contributed by atoms with Crippen LogP contribution in [0, 0.1) is 11.3 Å². The van der Waals surface area contributed by atoms with Crippen molar-refractivity contribution < 1.29 is 24.3 Å². The normalized spacial score (nSPS) is 18.8. The summed E-state index contributed by atoms with van der Waals surface area (Å²) in [6.45, 7) is 13.4. The summed E-state index contributed by atoms with van der Waals surface area (Å²) in [6.07, 6.45) is 9.58. The number of rotatable bonds is 12. The number of aryl methyl sites for hydroxylation is 1. The lowest BCUT2D eigenvalue weighted by Gasteiger charge is -2.37. The molecule has 11 heteroatoms. The van der Waals surface area contributed by atoms with Crippen molar-refractivity contribution in [3.05, 3.63) is 83.6 Å². The first-order valence-corrected chi connectivity index (χ1v) is 18.1. The third-order valence-electron chi connectivity index (χ3n) is 9.74. The number of piperidine rings is 1. The molecule has 1 aromatic heterocycles. The molecule has 274 valence electrons. The Hall–Kier alpha value is -4.61. The van der Waals surface area contributed by atoms with Crippen LogP contribution in [0.25, 0.3) is 17.0 Å². The molecule has 2 aromatic carbocycles. The van der Waals surface area contributed by atoms with E-state index < -0.39 is 35.9 Å². The van der Waals surface area contributed by atoms with E-state index in [2.05, 4.69) is 108 Å². The summed E-state index contributed by atoms with van der Waals surface area (Å²) in [4.78, 5) is 53.4. The SMILES string of the molecule is CC(NC(=O)C(NC=O)C(C)C)C(=O)N1CCCC(C(=O)O)N1.CCc1ccc2ccc(/C=C/C3(C)CCN(Cc4ccccc4)CC3)cc2n1. The van der Waals surface area contributed by atoms with Crippen LogP contribution in [0.15, 0.2) is 66.7 Å². The fourth-order valence-electron chi connectivity index (χ4n) is 6.37. The van der Waals surface area contributed by atoms with Gasteiger partial charge in [-0.2, -0.15) is 0 Å². The molecule has 11 nitrogen and oxygen atoms in total. The van der Waals surface area contributed by atoms with Gasteiger partial charge in [0, 0.05) is 24.2 Å². The Kier molecular flexibility index (Phi) is 14.3. The number of carbonyl (C=O) groups is 4. The van der Waals surface area contributed by atoms with Crippen molar-refractivity contribution in [3.63, 3.8) is 0 Å². The second kappa shape index (κ2) is 18.6. The van der Waals surface area contributed by atoms with Gasteiger partial charge in [-0.25, -0.2) is 5.43 Å². The van der Waals surface area contributed by atoms with E-state index in [4.69, 9.17) is 10.1 Å². The Morgan fingerprint density at radius 1 is 1.04 bits per heavy atom. The van der Waals surface area contributed by atoms with Crippen LogP contribution in [-0.4, -0.2) is 82.0 Å². The van der Waals surface area contributed by atoms with Crippen LogP contribution < -0.4 is 16.1 Å². The van der Waals surface area contributed by atoms with Gasteiger partial charge in [-0.05, 0) is 86.7 Å². The highest BCUT2D eigenvalue weighted by atomic mass is 16.4. The fraction of sp³-hybridized carbons (Fsp3) is 0.475. The fourth-order valence-corrected chi connectivity index (χ4v) is 6.37. The number of fused-ring (bicyclic) bond motifs is 1. The molecule has 3 unspecified atom stereocenters. The number of benzene rings is 2. The van der Waals surface area contributed by atoms with Crippen molar-refractivity contribution in [2.75, 3.05) is 19.6 Å². The third-order valence-corrected chi connectivity index (χ3v) is 9.74. The lowest BCUT2D eigenvalue weighted by Crippen LogP contribution is -2.60. The van der Waals surface area contributed by atoms with Gasteiger partial charge in [-0.3, -0.25) is 34.1 Å². The number of nitrogens with one attached hydrogen (secondary N) is 3. The Morgan fingerprint density at radius 2 is 1.75 bits per heavy atom. The first-order chi connectivity index (χ1) is 24.4. The van der Waals surface area contributed by atoms with Crippen molar-refractivity contribution >= 4 is 41.2 Å². The minimum atomic E-state index is -1.02. The van der Waals surface area contributed by atoms with E-state index in [-0.39, 0.29) is 11.3 Å². The molecular formula is C40H54N6O5. The molecule has 2 aliphatic heterocycles. The van der Waals surface area contributed by atoms with Crippen molar-refractivity contribution in [1.29, 1.82) is 0 Å². The van der Waals surface area contributed by atoms with Gasteiger partial charge in [0.05, 0.1) is 5.52 Å². The Morgan fingerprint density at radius 3 is 2.39 bits per heavy atom. The zero-order valence-electron chi connectivity index (χ0n) is 30.6. The molecule has 5 rings (SSSR count). The maximum absolute atomic E-state index is 12.3. The van der Waals surface area contributed by atoms with Gasteiger partial charge < -0.3 is 15.7 Å². The molecule has 0 spiro atoms. The predicted octanol–water partition coefficient (Wildman–Crippen LogP) is 4.95. The number of likely N-dealkylation sites (tertiary alicyclic amines) is 1. The molecular weight excluding hydrogens is 644 g/mol. The number of carbonyl (C=O) groups excluding carboxylic acids is 3. The van der Waals surface area contributed by atoms with Gasteiger partial charge in [0.1, 0.15) is 18.1 Å². The van der Waals surface area contributed by atoms with E-state index in [9.17, 15) is 19.2 Å². The molecule has 3 amide bonds. The largest absolute Gasteiger partial charge is 0.480 e. The number of hydrazine groups is 1. The Labute approximate surface area is 301 Å². The summed E-state index contributed by atoms with van der Waals surface area (Å²) in [5.74, 6) is -2.03. The minimum Gasteiger partial charge on any atom is -0.480 e. The second-order valence-electron chi connectivity index (χ2n) is 14.2. The maximum atomic E-state index is 12.3. The molecule has 0 bridgehead atoms. The summed E-state index contributed by atoms with van der Waals surface area (Å²) < 4.78 is 0. The van der Waals surface area contributed by atoms with E-state index in [0.717, 1.165) is 37.3 Å². The number of allylic oxidation sites excluding steroid dienone is 1. The molecule has 3 atom stereocenters. The van der Waals surface area contributed by atoms with E-state index in [1.807, 2.05) is 0 Å². The standard InChI is InChI=1S/C26H30N2.C14H24N4O5/c1-3-24-12-11-23-10-9-21(19-25(23)27-24)13-14-26(2)15-17-28(18-16-26)20-22-7-5-4-6-8-22;1-8(2)11(15-7-19)12(20)16-9(3)13(21)18-6-4-5-10(17-18)14(22)23/h4-14,19H,3,15-18,20H2,1-2H3;7-11,17H,4-6H2,1-3H3,(H,15,19)(H,16,20)(H,22,23)/b14-13+;. The highest BCUT2D eigenvalue weighted by Gasteiger charge is 2.32. The molecule has 0 radical (unpaired) electrons. The van der Waals surface area contributed by atoms with Gasteiger partial charge in [-0.1, -0.05) is 88.4 Å². The first-order valence-electron chi connectivity index (χ1n) is 18.1. The van der Waals surface area contributed by atoms with Crippen molar-refractivity contribution in [3.8, 4) is 0 Å². The van der Waals surface area contributed by atoms with Gasteiger partial charge >= 0.3 is 5.97 Å². The van der Waals surface area contributed by atoms with Crippen LogP contribution in [0.2, 0.25) is 0 Å². The number of carboxylic acid groups (broad SMARTS) is 1. The quantitative estimate of drug-likeness (QED) is 0.195. The highest BCUT2D eigenvalue weighted by Crippen LogP contribution is 2.34. The van der Waals surface area contributed by atoms with Crippen molar-refractivity contribution in [2.24, 2.45) is 11.3 Å². The van der Waals surface area contributed by atoms with E-state index in [1.54, 1.807) is 13.8 Å². The van der Waals surface area contributed by atoms with E-state index >= 15 is 0 Å². The summed E-state index contributed by atoms with van der Waals surface area (Å²) >= 11 is 0. The van der Waals surface area contributed by atoms with Crippen molar-refractivity contribution in [1.82, 2.24) is 31.0 Å². The number of nitrogens with zero attached hydrogens (tertiary/aromatic N) is 3. The van der Waals surface area contributed by atoms with Crippen LogP contribution in [0.4, 0.5) is 0 Å². The van der Waals surface area contributed by atoms with Crippen LogP contribution in [0.5, 0.6) is 0 Å². The van der Waals surface area contributed by atoms with Gasteiger partial charge in [-0.15, -0.1) is 0 Å². The molecule has 2 saturated heterocycles. The number of aromatic nitrogens is 1.